The van der Waals surface area contributed by atoms with Gasteiger partial charge in [0.15, 0.2) is 18.3 Å². The van der Waals surface area contributed by atoms with Gasteiger partial charge in [-0.3, -0.25) is 9.79 Å². The van der Waals surface area contributed by atoms with Crippen LogP contribution in [0.25, 0.3) is 0 Å². The first-order valence-corrected chi connectivity index (χ1v) is 9.42. The first-order valence-electron chi connectivity index (χ1n) is 9.42. The Labute approximate surface area is 159 Å². The molecule has 1 atom stereocenters. The fourth-order valence-corrected chi connectivity index (χ4v) is 3.57. The molecule has 4 rings (SSSR count). The number of amidine groups is 2. The van der Waals surface area contributed by atoms with Crippen LogP contribution in [0.15, 0.2) is 46.7 Å². The molecule has 1 aromatic carbocycles. The van der Waals surface area contributed by atoms with E-state index in [-0.39, 0.29) is 12.5 Å². The number of ether oxygens (including phenoxy) is 1. The maximum atomic E-state index is 12.5. The molecule has 0 aliphatic carbocycles. The van der Waals surface area contributed by atoms with Crippen LogP contribution in [-0.2, 0) is 4.79 Å². The van der Waals surface area contributed by atoms with E-state index in [2.05, 4.69) is 26.7 Å². The lowest BCUT2D eigenvalue weighted by molar-refractivity contribution is -0.134. The lowest BCUT2D eigenvalue weighted by Crippen LogP contribution is -2.55. The predicted octanol–water partition coefficient (Wildman–Crippen LogP) is 1.50. The van der Waals surface area contributed by atoms with Gasteiger partial charge in [-0.2, -0.15) is 0 Å². The highest BCUT2D eigenvalue weighted by Gasteiger charge is 2.33. The van der Waals surface area contributed by atoms with Crippen LogP contribution in [0.3, 0.4) is 0 Å². The van der Waals surface area contributed by atoms with E-state index in [1.807, 2.05) is 48.5 Å². The fourth-order valence-electron chi connectivity index (χ4n) is 3.57. The number of benzene rings is 1. The van der Waals surface area contributed by atoms with Gasteiger partial charge in [0.05, 0.1) is 12.6 Å². The maximum absolute atomic E-state index is 12.5. The minimum atomic E-state index is 0.0248. The molecule has 7 heteroatoms. The standard InChI is InChI=1S/C20H25N5O2/c1-15-5-3-4-6-17(15)27-14-18(26)23-9-11-24(12-10-23)19-20-22-13-16(2)25(20)8-7-21-19/h3-8,16H,9-14H2,1-2H3. The van der Waals surface area contributed by atoms with E-state index < -0.39 is 0 Å². The number of carbonyl (C=O) groups excluding carboxylic acids is 1. The third-order valence-corrected chi connectivity index (χ3v) is 5.23. The number of aryl methyl sites for hydroxylation is 1. The van der Waals surface area contributed by atoms with Crippen molar-refractivity contribution in [3.63, 3.8) is 0 Å². The third kappa shape index (κ3) is 3.54. The zero-order chi connectivity index (χ0) is 18.8. The van der Waals surface area contributed by atoms with Crippen molar-refractivity contribution in [3.8, 4) is 5.75 Å². The van der Waals surface area contributed by atoms with Gasteiger partial charge in [0, 0.05) is 38.6 Å². The van der Waals surface area contributed by atoms with E-state index >= 15 is 0 Å². The van der Waals surface area contributed by atoms with Crippen molar-refractivity contribution in [2.24, 2.45) is 9.98 Å². The van der Waals surface area contributed by atoms with Crippen LogP contribution in [0.5, 0.6) is 5.75 Å². The van der Waals surface area contributed by atoms with Crippen LogP contribution in [-0.4, -0.2) is 77.7 Å². The van der Waals surface area contributed by atoms with Crippen molar-refractivity contribution in [1.29, 1.82) is 0 Å². The van der Waals surface area contributed by atoms with Gasteiger partial charge in [-0.25, -0.2) is 4.99 Å². The summed E-state index contributed by atoms with van der Waals surface area (Å²) in [7, 11) is 0. The molecule has 3 heterocycles. The fraction of sp³-hybridized carbons (Fsp3) is 0.450. The molecule has 3 aliphatic heterocycles. The maximum Gasteiger partial charge on any atom is 0.260 e. The van der Waals surface area contributed by atoms with Gasteiger partial charge in [-0.1, -0.05) is 18.2 Å². The van der Waals surface area contributed by atoms with Gasteiger partial charge < -0.3 is 19.4 Å². The van der Waals surface area contributed by atoms with E-state index in [1.54, 1.807) is 0 Å². The van der Waals surface area contributed by atoms with Crippen molar-refractivity contribution in [2.75, 3.05) is 39.3 Å². The molecule has 1 unspecified atom stereocenters. The van der Waals surface area contributed by atoms with Crippen LogP contribution >= 0.6 is 0 Å². The van der Waals surface area contributed by atoms with E-state index in [4.69, 9.17) is 4.74 Å². The number of nitrogens with zero attached hydrogens (tertiary/aromatic N) is 5. The van der Waals surface area contributed by atoms with E-state index in [0.717, 1.165) is 42.6 Å². The summed E-state index contributed by atoms with van der Waals surface area (Å²) >= 11 is 0. The second kappa shape index (κ2) is 7.42. The molecule has 0 spiro atoms. The van der Waals surface area contributed by atoms with Crippen LogP contribution in [0.1, 0.15) is 12.5 Å². The zero-order valence-corrected chi connectivity index (χ0v) is 15.8. The number of para-hydroxylation sites is 1. The molecule has 1 saturated heterocycles. The molecule has 0 N–H and O–H groups in total. The quantitative estimate of drug-likeness (QED) is 0.812. The lowest BCUT2D eigenvalue weighted by atomic mass is 10.2. The molecule has 1 fully saturated rings. The van der Waals surface area contributed by atoms with Gasteiger partial charge in [-0.15, -0.1) is 0 Å². The Morgan fingerprint density at radius 1 is 1.19 bits per heavy atom. The summed E-state index contributed by atoms with van der Waals surface area (Å²) < 4.78 is 5.70. The van der Waals surface area contributed by atoms with Gasteiger partial charge >= 0.3 is 0 Å². The lowest BCUT2D eigenvalue weighted by Gasteiger charge is -2.38. The Hall–Kier alpha value is -2.83. The molecule has 3 aliphatic rings. The van der Waals surface area contributed by atoms with Gasteiger partial charge in [0.1, 0.15) is 5.75 Å². The van der Waals surface area contributed by atoms with Crippen molar-refractivity contribution in [1.82, 2.24) is 14.7 Å². The van der Waals surface area contributed by atoms with Crippen LogP contribution in [0.4, 0.5) is 0 Å². The second-order valence-electron chi connectivity index (χ2n) is 7.09. The number of hydrogen-bond acceptors (Lipinski definition) is 6. The molecule has 1 aromatic rings. The van der Waals surface area contributed by atoms with Gasteiger partial charge in [-0.05, 0) is 25.5 Å². The highest BCUT2D eigenvalue weighted by atomic mass is 16.5. The number of fused-ring (bicyclic) bond motifs is 1. The predicted molar refractivity (Wildman–Crippen MR) is 105 cm³/mol. The molecule has 1 amide bonds. The summed E-state index contributed by atoms with van der Waals surface area (Å²) in [5.74, 6) is 2.66. The normalized spacial score (nSPS) is 21.7. The molecule has 0 bridgehead atoms. The Bertz CT molecular complexity index is 808. The van der Waals surface area contributed by atoms with E-state index in [1.165, 1.54) is 0 Å². The number of amides is 1. The summed E-state index contributed by atoms with van der Waals surface area (Å²) in [5.41, 5.74) is 1.04. The average Bonchev–Trinajstić information content (AvgIpc) is 3.08. The third-order valence-electron chi connectivity index (χ3n) is 5.23. The highest BCUT2D eigenvalue weighted by molar-refractivity contribution is 6.41. The minimum absolute atomic E-state index is 0.0248. The van der Waals surface area contributed by atoms with Gasteiger partial charge in [0.2, 0.25) is 0 Å². The van der Waals surface area contributed by atoms with Crippen molar-refractivity contribution >= 4 is 17.6 Å². The van der Waals surface area contributed by atoms with Crippen molar-refractivity contribution in [3.05, 3.63) is 42.2 Å². The first-order chi connectivity index (χ1) is 13.1. The van der Waals surface area contributed by atoms with Crippen LogP contribution < -0.4 is 4.74 Å². The first kappa shape index (κ1) is 17.6. The second-order valence-corrected chi connectivity index (χ2v) is 7.09. The number of rotatable bonds is 3. The monoisotopic (exact) mass is 367 g/mol. The number of piperazine rings is 1. The van der Waals surface area contributed by atoms with Gasteiger partial charge in [0.25, 0.3) is 5.91 Å². The highest BCUT2D eigenvalue weighted by Crippen LogP contribution is 2.19. The van der Waals surface area contributed by atoms with Crippen LogP contribution in [0.2, 0.25) is 0 Å². The smallest absolute Gasteiger partial charge is 0.260 e. The zero-order valence-electron chi connectivity index (χ0n) is 15.8. The number of hydrogen-bond donors (Lipinski definition) is 0. The molecular weight excluding hydrogens is 342 g/mol. The summed E-state index contributed by atoms with van der Waals surface area (Å²) in [6.45, 7) is 7.86. The molecule has 0 radical (unpaired) electrons. The minimum Gasteiger partial charge on any atom is -0.484 e. The van der Waals surface area contributed by atoms with E-state index in [9.17, 15) is 4.79 Å². The van der Waals surface area contributed by atoms with E-state index in [0.29, 0.717) is 19.1 Å². The molecule has 7 nitrogen and oxygen atoms in total. The SMILES string of the molecule is Cc1ccccc1OCC(=O)N1CCN(C2=NC=CN3C2=NCC3C)CC1. The molecule has 0 saturated carbocycles. The van der Waals surface area contributed by atoms with Crippen molar-refractivity contribution in [2.45, 2.75) is 19.9 Å². The van der Waals surface area contributed by atoms with Crippen molar-refractivity contribution < 1.29 is 9.53 Å². The Kier molecular flexibility index (Phi) is 4.83. The van der Waals surface area contributed by atoms with Crippen LogP contribution in [0, 0.1) is 6.92 Å². The Morgan fingerprint density at radius 2 is 1.96 bits per heavy atom. The molecule has 142 valence electrons. The summed E-state index contributed by atoms with van der Waals surface area (Å²) in [4.78, 5) is 28.0. The molecule has 27 heavy (non-hydrogen) atoms. The summed E-state index contributed by atoms with van der Waals surface area (Å²) in [6.07, 6.45) is 3.83. The summed E-state index contributed by atoms with van der Waals surface area (Å²) in [5, 5.41) is 0. The number of carbonyl (C=O) groups is 1. The molecular formula is C20H25N5O2. The number of aliphatic imine (C=N–C) groups is 2. The largest absolute Gasteiger partial charge is 0.484 e. The topological polar surface area (TPSA) is 60.7 Å². The summed E-state index contributed by atoms with van der Waals surface area (Å²) in [6, 6.07) is 8.13. The average molecular weight is 367 g/mol. The molecule has 0 aromatic heterocycles. The Morgan fingerprint density at radius 3 is 2.74 bits per heavy atom. The Balaban J connectivity index is 1.31.